The lowest BCUT2D eigenvalue weighted by molar-refractivity contribution is -0.113. The molecule has 0 fully saturated rings. The van der Waals surface area contributed by atoms with Crippen LogP contribution in [0.3, 0.4) is 0 Å². The third-order valence-electron chi connectivity index (χ3n) is 2.93. The molecule has 1 N–H and O–H groups in total. The Hall–Kier alpha value is -1.91. The number of rotatable bonds is 7. The van der Waals surface area contributed by atoms with Crippen LogP contribution >= 0.6 is 34.9 Å². The number of carbonyl (C=O) groups excluding carboxylic acids is 1. The van der Waals surface area contributed by atoms with Crippen LogP contribution in [0, 0.1) is 5.82 Å². The van der Waals surface area contributed by atoms with E-state index in [0.29, 0.717) is 27.7 Å². The van der Waals surface area contributed by atoms with Gasteiger partial charge in [0.05, 0.1) is 17.2 Å². The number of halogens is 1. The summed E-state index contributed by atoms with van der Waals surface area (Å²) in [6.07, 6.45) is 1.94. The molecule has 6 nitrogen and oxygen atoms in total. The Bertz CT molecular complexity index is 851. The van der Waals surface area contributed by atoms with E-state index >= 15 is 0 Å². The molecule has 0 aliphatic heterocycles. The van der Waals surface area contributed by atoms with Gasteiger partial charge in [0.25, 0.3) is 5.22 Å². The summed E-state index contributed by atoms with van der Waals surface area (Å²) in [6, 6.07) is 6.04. The number of hydrogen-bond donors (Lipinski definition) is 1. The van der Waals surface area contributed by atoms with Gasteiger partial charge in [-0.1, -0.05) is 11.8 Å². The van der Waals surface area contributed by atoms with Crippen molar-refractivity contribution in [1.29, 1.82) is 0 Å². The minimum absolute atomic E-state index is 0.145. The molecule has 1 aromatic carbocycles. The monoisotopic (exact) mass is 396 g/mol. The number of nitrogens with one attached hydrogen (secondary N) is 1. The number of carbonyl (C=O) groups is 1. The van der Waals surface area contributed by atoms with Crippen molar-refractivity contribution in [1.82, 2.24) is 15.2 Å². The Morgan fingerprint density at radius 2 is 2.12 bits per heavy atom. The van der Waals surface area contributed by atoms with E-state index in [1.165, 1.54) is 35.2 Å². The van der Waals surface area contributed by atoms with Gasteiger partial charge in [0, 0.05) is 10.9 Å². The van der Waals surface area contributed by atoms with Gasteiger partial charge in [0.2, 0.25) is 11.8 Å². The van der Waals surface area contributed by atoms with E-state index in [9.17, 15) is 9.18 Å². The summed E-state index contributed by atoms with van der Waals surface area (Å²) in [5.74, 6) is 0.817. The zero-order chi connectivity index (χ0) is 17.6. The van der Waals surface area contributed by atoms with E-state index in [4.69, 9.17) is 4.42 Å². The van der Waals surface area contributed by atoms with Crippen molar-refractivity contribution < 1.29 is 13.6 Å². The van der Waals surface area contributed by atoms with Crippen molar-refractivity contribution >= 4 is 45.9 Å². The van der Waals surface area contributed by atoms with E-state index in [0.717, 1.165) is 5.56 Å². The Morgan fingerprint density at radius 3 is 2.88 bits per heavy atom. The second kappa shape index (κ2) is 8.45. The SMILES string of the molecule is CSCc1nnc(SCC(=O)Nc2nc(-c3ccc(F)cc3)cs2)o1. The molecule has 25 heavy (non-hydrogen) atoms. The van der Waals surface area contributed by atoms with Gasteiger partial charge >= 0.3 is 0 Å². The zero-order valence-electron chi connectivity index (χ0n) is 13.1. The van der Waals surface area contributed by atoms with Crippen molar-refractivity contribution in [3.05, 3.63) is 41.4 Å². The fourth-order valence-corrected chi connectivity index (χ4v) is 3.53. The summed E-state index contributed by atoms with van der Waals surface area (Å²) in [7, 11) is 0. The highest BCUT2D eigenvalue weighted by atomic mass is 32.2. The van der Waals surface area contributed by atoms with Crippen LogP contribution in [0.2, 0.25) is 0 Å². The molecule has 0 aliphatic carbocycles. The highest BCUT2D eigenvalue weighted by Gasteiger charge is 2.12. The van der Waals surface area contributed by atoms with Crippen molar-refractivity contribution in [2.45, 2.75) is 11.0 Å². The van der Waals surface area contributed by atoms with Gasteiger partial charge in [-0.3, -0.25) is 4.79 Å². The van der Waals surface area contributed by atoms with Gasteiger partial charge in [-0.15, -0.1) is 21.5 Å². The van der Waals surface area contributed by atoms with E-state index in [1.54, 1.807) is 23.9 Å². The van der Waals surface area contributed by atoms with Gasteiger partial charge in [-0.2, -0.15) is 11.8 Å². The van der Waals surface area contributed by atoms with Crippen molar-refractivity contribution in [2.24, 2.45) is 0 Å². The standard InChI is InChI=1S/C15H13FN4O2S3/c1-23-8-13-19-20-15(22-13)25-7-12(21)18-14-17-11(6-24-14)9-2-4-10(16)5-3-9/h2-6H,7-8H2,1H3,(H,17,18,21). The number of thiazole rings is 1. The normalized spacial score (nSPS) is 10.8. The average molecular weight is 396 g/mol. The van der Waals surface area contributed by atoms with Crippen LogP contribution in [0.5, 0.6) is 0 Å². The molecular formula is C15H13FN4O2S3. The number of hydrogen-bond acceptors (Lipinski definition) is 8. The fourth-order valence-electron chi connectivity index (χ4n) is 1.85. The fraction of sp³-hybridized carbons (Fsp3) is 0.200. The molecule has 0 saturated heterocycles. The molecular weight excluding hydrogens is 383 g/mol. The summed E-state index contributed by atoms with van der Waals surface area (Å²) < 4.78 is 18.3. The van der Waals surface area contributed by atoms with Crippen molar-refractivity contribution in [3.63, 3.8) is 0 Å². The number of thioether (sulfide) groups is 2. The van der Waals surface area contributed by atoms with Gasteiger partial charge in [0.15, 0.2) is 5.13 Å². The third kappa shape index (κ3) is 5.03. The summed E-state index contributed by atoms with van der Waals surface area (Å²) in [5.41, 5.74) is 1.48. The molecule has 0 atom stereocenters. The lowest BCUT2D eigenvalue weighted by atomic mass is 10.2. The van der Waals surface area contributed by atoms with Crippen molar-refractivity contribution in [3.8, 4) is 11.3 Å². The molecule has 2 aromatic heterocycles. The molecule has 2 heterocycles. The maximum absolute atomic E-state index is 13.0. The van der Waals surface area contributed by atoms with E-state index in [-0.39, 0.29) is 17.5 Å². The molecule has 0 saturated carbocycles. The predicted molar refractivity (Wildman–Crippen MR) is 98.4 cm³/mol. The molecule has 3 aromatic rings. The van der Waals surface area contributed by atoms with Crippen LogP contribution in [0.4, 0.5) is 9.52 Å². The topological polar surface area (TPSA) is 80.9 Å². The molecule has 0 aliphatic rings. The minimum Gasteiger partial charge on any atom is -0.415 e. The van der Waals surface area contributed by atoms with E-state index < -0.39 is 0 Å². The predicted octanol–water partition coefficient (Wildman–Crippen LogP) is 3.93. The van der Waals surface area contributed by atoms with E-state index in [1.807, 2.05) is 11.6 Å². The zero-order valence-corrected chi connectivity index (χ0v) is 15.5. The second-order valence-electron chi connectivity index (χ2n) is 4.78. The van der Waals surface area contributed by atoms with Gasteiger partial charge < -0.3 is 9.73 Å². The molecule has 0 bridgehead atoms. The molecule has 1 amide bonds. The Morgan fingerprint density at radius 1 is 1.32 bits per heavy atom. The van der Waals surface area contributed by atoms with Crippen molar-refractivity contribution in [2.75, 3.05) is 17.3 Å². The van der Waals surface area contributed by atoms with Gasteiger partial charge in [-0.25, -0.2) is 9.37 Å². The summed E-state index contributed by atoms with van der Waals surface area (Å²) in [4.78, 5) is 16.3. The highest BCUT2D eigenvalue weighted by molar-refractivity contribution is 7.99. The lowest BCUT2D eigenvalue weighted by Gasteiger charge is -1.99. The quantitative estimate of drug-likeness (QED) is 0.606. The smallest absolute Gasteiger partial charge is 0.277 e. The van der Waals surface area contributed by atoms with Crippen LogP contribution in [0.25, 0.3) is 11.3 Å². The summed E-state index contributed by atoms with van der Waals surface area (Å²) >= 11 is 4.06. The van der Waals surface area contributed by atoms with E-state index in [2.05, 4.69) is 20.5 Å². The number of benzene rings is 1. The first-order chi connectivity index (χ1) is 12.1. The molecule has 0 unspecified atom stereocenters. The first-order valence-electron chi connectivity index (χ1n) is 7.09. The summed E-state index contributed by atoms with van der Waals surface area (Å²) in [5, 5.41) is 13.1. The van der Waals surface area contributed by atoms with Gasteiger partial charge in [-0.05, 0) is 30.5 Å². The largest absolute Gasteiger partial charge is 0.415 e. The molecule has 3 rings (SSSR count). The number of amides is 1. The Labute approximate surface area is 155 Å². The molecule has 0 radical (unpaired) electrons. The maximum atomic E-state index is 13.0. The second-order valence-corrected chi connectivity index (χ2v) is 7.43. The average Bonchev–Trinajstić information content (AvgIpc) is 3.24. The maximum Gasteiger partial charge on any atom is 0.277 e. The number of aromatic nitrogens is 3. The third-order valence-corrected chi connectivity index (χ3v) is 5.05. The van der Waals surface area contributed by atoms with Crippen LogP contribution in [0.15, 0.2) is 39.3 Å². The molecule has 0 spiro atoms. The first kappa shape index (κ1) is 17.9. The van der Waals surface area contributed by atoms with Crippen LogP contribution in [-0.2, 0) is 10.5 Å². The van der Waals surface area contributed by atoms with Crippen LogP contribution in [0.1, 0.15) is 5.89 Å². The van der Waals surface area contributed by atoms with Crippen LogP contribution < -0.4 is 5.32 Å². The Kier molecular flexibility index (Phi) is 6.05. The van der Waals surface area contributed by atoms with Gasteiger partial charge in [0.1, 0.15) is 5.82 Å². The minimum atomic E-state index is -0.300. The molecule has 130 valence electrons. The summed E-state index contributed by atoms with van der Waals surface area (Å²) in [6.45, 7) is 0. The van der Waals surface area contributed by atoms with Crippen LogP contribution in [-0.4, -0.2) is 33.1 Å². The lowest BCUT2D eigenvalue weighted by Crippen LogP contribution is -2.13. The molecule has 10 heteroatoms. The number of nitrogens with zero attached hydrogens (tertiary/aromatic N) is 3. The Balaban J connectivity index is 1.53. The number of anilines is 1. The highest BCUT2D eigenvalue weighted by Crippen LogP contribution is 2.25. The first-order valence-corrected chi connectivity index (χ1v) is 10.4.